The lowest BCUT2D eigenvalue weighted by Gasteiger charge is -2.21. The molecular formula is C14H28N2O2. The Morgan fingerprint density at radius 2 is 1.94 bits per heavy atom. The smallest absolute Gasteiger partial charge is 0.236 e. The lowest BCUT2D eigenvalue weighted by atomic mass is 10.1. The van der Waals surface area contributed by atoms with Crippen molar-refractivity contribution < 1.29 is 9.53 Å². The molecule has 1 aliphatic carbocycles. The van der Waals surface area contributed by atoms with Gasteiger partial charge in [-0.3, -0.25) is 4.79 Å². The molecule has 2 N–H and O–H groups in total. The quantitative estimate of drug-likeness (QED) is 0.540. The van der Waals surface area contributed by atoms with E-state index in [4.69, 9.17) is 4.74 Å². The molecule has 1 rings (SSSR count). The zero-order valence-corrected chi connectivity index (χ0v) is 11.8. The number of hydrogen-bond acceptors (Lipinski definition) is 3. The van der Waals surface area contributed by atoms with Gasteiger partial charge in [0.2, 0.25) is 5.91 Å². The van der Waals surface area contributed by atoms with E-state index in [0.29, 0.717) is 19.2 Å². The van der Waals surface area contributed by atoms with Crippen molar-refractivity contribution in [3.63, 3.8) is 0 Å². The maximum atomic E-state index is 11.9. The first-order valence-electron chi connectivity index (χ1n) is 7.26. The van der Waals surface area contributed by atoms with Crippen LogP contribution in [-0.2, 0) is 9.53 Å². The summed E-state index contributed by atoms with van der Waals surface area (Å²) in [5.41, 5.74) is 0. The van der Waals surface area contributed by atoms with Crippen LogP contribution in [0.5, 0.6) is 0 Å². The fourth-order valence-corrected chi connectivity index (χ4v) is 2.46. The summed E-state index contributed by atoms with van der Waals surface area (Å²) in [6.45, 7) is 3.35. The second-order valence-electron chi connectivity index (χ2n) is 5.21. The van der Waals surface area contributed by atoms with Crippen LogP contribution in [0.1, 0.15) is 51.9 Å². The Bertz CT molecular complexity index is 226. The normalized spacial score (nSPS) is 19.2. The molecule has 1 atom stereocenters. The standard InChI is InChI=1S/C14H28N2O2/c1-12(14(17)15-10-7-11-18-2)16-13-8-5-3-4-6-9-13/h12-13,16H,3-11H2,1-2H3,(H,15,17). The summed E-state index contributed by atoms with van der Waals surface area (Å²) in [4.78, 5) is 11.9. The zero-order valence-electron chi connectivity index (χ0n) is 11.8. The van der Waals surface area contributed by atoms with E-state index in [1.165, 1.54) is 38.5 Å². The van der Waals surface area contributed by atoms with Gasteiger partial charge in [-0.2, -0.15) is 0 Å². The van der Waals surface area contributed by atoms with E-state index in [9.17, 15) is 4.79 Å². The molecule has 1 amide bonds. The highest BCUT2D eigenvalue weighted by Crippen LogP contribution is 2.17. The zero-order chi connectivity index (χ0) is 13.2. The predicted octanol–water partition coefficient (Wildman–Crippen LogP) is 1.84. The molecule has 0 aromatic rings. The number of amides is 1. The summed E-state index contributed by atoms with van der Waals surface area (Å²) < 4.78 is 4.95. The Morgan fingerprint density at radius 3 is 2.56 bits per heavy atom. The van der Waals surface area contributed by atoms with Gasteiger partial charge in [0.15, 0.2) is 0 Å². The van der Waals surface area contributed by atoms with Crippen LogP contribution in [0.4, 0.5) is 0 Å². The van der Waals surface area contributed by atoms with E-state index in [1.54, 1.807) is 7.11 Å². The van der Waals surface area contributed by atoms with Gasteiger partial charge in [-0.05, 0) is 26.2 Å². The molecule has 18 heavy (non-hydrogen) atoms. The maximum Gasteiger partial charge on any atom is 0.236 e. The number of rotatable bonds is 7. The van der Waals surface area contributed by atoms with E-state index < -0.39 is 0 Å². The molecule has 4 nitrogen and oxygen atoms in total. The highest BCUT2D eigenvalue weighted by Gasteiger charge is 2.18. The number of carbonyl (C=O) groups is 1. The minimum Gasteiger partial charge on any atom is -0.385 e. The molecule has 0 aliphatic heterocycles. The molecule has 0 saturated heterocycles. The Kier molecular flexibility index (Phi) is 8.01. The van der Waals surface area contributed by atoms with Crippen LogP contribution in [0, 0.1) is 0 Å². The average molecular weight is 256 g/mol. The molecule has 1 aliphatic rings. The Hall–Kier alpha value is -0.610. The Labute approximate surface area is 111 Å². The van der Waals surface area contributed by atoms with Crippen molar-refractivity contribution in [1.29, 1.82) is 0 Å². The highest BCUT2D eigenvalue weighted by molar-refractivity contribution is 5.81. The van der Waals surface area contributed by atoms with Crippen molar-refractivity contribution in [1.82, 2.24) is 10.6 Å². The second-order valence-corrected chi connectivity index (χ2v) is 5.21. The average Bonchev–Trinajstić information content (AvgIpc) is 2.63. The van der Waals surface area contributed by atoms with E-state index in [-0.39, 0.29) is 11.9 Å². The lowest BCUT2D eigenvalue weighted by molar-refractivity contribution is -0.123. The molecule has 0 aromatic carbocycles. The van der Waals surface area contributed by atoms with E-state index in [1.807, 2.05) is 6.92 Å². The van der Waals surface area contributed by atoms with Crippen molar-refractivity contribution in [3.8, 4) is 0 Å². The van der Waals surface area contributed by atoms with Crippen LogP contribution in [0.3, 0.4) is 0 Å². The van der Waals surface area contributed by atoms with Gasteiger partial charge in [0.05, 0.1) is 6.04 Å². The number of carbonyl (C=O) groups excluding carboxylic acids is 1. The minimum absolute atomic E-state index is 0.0874. The first kappa shape index (κ1) is 15.4. The molecule has 4 heteroatoms. The van der Waals surface area contributed by atoms with Gasteiger partial charge in [-0.15, -0.1) is 0 Å². The maximum absolute atomic E-state index is 11.9. The SMILES string of the molecule is COCCCNC(=O)C(C)NC1CCCCCC1. The fraction of sp³-hybridized carbons (Fsp3) is 0.929. The van der Waals surface area contributed by atoms with Crippen LogP contribution >= 0.6 is 0 Å². The summed E-state index contributed by atoms with van der Waals surface area (Å²) in [6.07, 6.45) is 8.56. The van der Waals surface area contributed by atoms with E-state index in [0.717, 1.165) is 6.42 Å². The lowest BCUT2D eigenvalue weighted by Crippen LogP contribution is -2.46. The minimum atomic E-state index is -0.0874. The third kappa shape index (κ3) is 6.36. The number of ether oxygens (including phenoxy) is 1. The fourth-order valence-electron chi connectivity index (χ4n) is 2.46. The third-order valence-corrected chi connectivity index (χ3v) is 3.56. The summed E-state index contributed by atoms with van der Waals surface area (Å²) >= 11 is 0. The highest BCUT2D eigenvalue weighted by atomic mass is 16.5. The predicted molar refractivity (Wildman–Crippen MR) is 73.6 cm³/mol. The van der Waals surface area contributed by atoms with Crippen molar-refractivity contribution >= 4 is 5.91 Å². The van der Waals surface area contributed by atoms with Crippen molar-refractivity contribution in [2.24, 2.45) is 0 Å². The molecule has 0 spiro atoms. The molecule has 1 saturated carbocycles. The summed E-state index contributed by atoms with van der Waals surface area (Å²) in [7, 11) is 1.68. The van der Waals surface area contributed by atoms with Gasteiger partial charge < -0.3 is 15.4 Å². The first-order chi connectivity index (χ1) is 8.74. The van der Waals surface area contributed by atoms with Gasteiger partial charge in [0.25, 0.3) is 0 Å². The monoisotopic (exact) mass is 256 g/mol. The molecule has 0 radical (unpaired) electrons. The van der Waals surface area contributed by atoms with Crippen molar-refractivity contribution in [2.45, 2.75) is 64.0 Å². The van der Waals surface area contributed by atoms with Gasteiger partial charge in [0, 0.05) is 26.3 Å². The van der Waals surface area contributed by atoms with E-state index in [2.05, 4.69) is 10.6 Å². The van der Waals surface area contributed by atoms with Crippen LogP contribution in [0.15, 0.2) is 0 Å². The Balaban J connectivity index is 2.17. The molecule has 1 unspecified atom stereocenters. The molecular weight excluding hydrogens is 228 g/mol. The second kappa shape index (κ2) is 9.34. The Morgan fingerprint density at radius 1 is 1.28 bits per heavy atom. The van der Waals surface area contributed by atoms with Crippen molar-refractivity contribution in [2.75, 3.05) is 20.3 Å². The number of nitrogens with one attached hydrogen (secondary N) is 2. The molecule has 0 aromatic heterocycles. The number of hydrogen-bond donors (Lipinski definition) is 2. The van der Waals surface area contributed by atoms with E-state index >= 15 is 0 Å². The van der Waals surface area contributed by atoms with Crippen LogP contribution in [0.2, 0.25) is 0 Å². The van der Waals surface area contributed by atoms with Crippen LogP contribution in [0.25, 0.3) is 0 Å². The van der Waals surface area contributed by atoms with Gasteiger partial charge in [-0.25, -0.2) is 0 Å². The molecule has 0 bridgehead atoms. The molecule has 106 valence electrons. The van der Waals surface area contributed by atoms with Crippen molar-refractivity contribution in [3.05, 3.63) is 0 Å². The van der Waals surface area contributed by atoms with Crippen LogP contribution < -0.4 is 10.6 Å². The topological polar surface area (TPSA) is 50.4 Å². The van der Waals surface area contributed by atoms with Gasteiger partial charge >= 0.3 is 0 Å². The van der Waals surface area contributed by atoms with Crippen LogP contribution in [-0.4, -0.2) is 38.3 Å². The molecule has 1 fully saturated rings. The third-order valence-electron chi connectivity index (χ3n) is 3.56. The summed E-state index contributed by atoms with van der Waals surface area (Å²) in [5, 5.41) is 6.40. The van der Waals surface area contributed by atoms with Gasteiger partial charge in [0.1, 0.15) is 0 Å². The number of methoxy groups -OCH3 is 1. The summed E-state index contributed by atoms with van der Waals surface area (Å²) in [6, 6.07) is 0.433. The largest absolute Gasteiger partial charge is 0.385 e. The molecule has 0 heterocycles. The summed E-state index contributed by atoms with van der Waals surface area (Å²) in [5.74, 6) is 0.107. The first-order valence-corrected chi connectivity index (χ1v) is 7.26. The van der Waals surface area contributed by atoms with Gasteiger partial charge in [-0.1, -0.05) is 25.7 Å².